The van der Waals surface area contributed by atoms with E-state index >= 15 is 0 Å². The molecule has 0 aliphatic heterocycles. The van der Waals surface area contributed by atoms with Crippen LogP contribution in [0.1, 0.15) is 12.5 Å². The van der Waals surface area contributed by atoms with Crippen LogP contribution in [0.15, 0.2) is 48.0 Å². The summed E-state index contributed by atoms with van der Waals surface area (Å²) in [5.41, 5.74) is 2.34. The van der Waals surface area contributed by atoms with Crippen LogP contribution in [0, 0.1) is 0 Å². The average Bonchev–Trinajstić information content (AvgIpc) is 2.90. The Bertz CT molecular complexity index is 905. The monoisotopic (exact) mass is 332 g/mol. The third-order valence-electron chi connectivity index (χ3n) is 3.29. The molecule has 2 heterocycles. The van der Waals surface area contributed by atoms with Gasteiger partial charge in [0.05, 0.1) is 4.91 Å². The molecule has 0 aliphatic rings. The van der Waals surface area contributed by atoms with Crippen LogP contribution in [0.3, 0.4) is 0 Å². The fraction of sp³-hybridized carbons (Fsp3) is 0.250. The summed E-state index contributed by atoms with van der Waals surface area (Å²) in [7, 11) is 0.430. The van der Waals surface area contributed by atoms with Crippen molar-refractivity contribution in [3.8, 4) is 0 Å². The maximum Gasteiger partial charge on any atom is 0.245 e. The first-order chi connectivity index (χ1) is 10.8. The smallest absolute Gasteiger partial charge is 0.245 e. The van der Waals surface area contributed by atoms with Crippen LogP contribution >= 0.6 is 0 Å². The zero-order valence-corrected chi connectivity index (χ0v) is 14.5. The predicted octanol–water partition coefficient (Wildman–Crippen LogP) is 2.31. The summed E-state index contributed by atoms with van der Waals surface area (Å²) in [6, 6.07) is 3.74. The molecule has 0 aliphatic carbocycles. The predicted molar refractivity (Wildman–Crippen MR) is 94.1 cm³/mol. The molecule has 0 saturated carbocycles. The molecule has 0 aromatic carbocycles. The molecule has 122 valence electrons. The molecular weight excluding hydrogens is 312 g/mol. The van der Waals surface area contributed by atoms with E-state index in [1.807, 2.05) is 50.3 Å². The molecule has 23 heavy (non-hydrogen) atoms. The second kappa shape index (κ2) is 6.37. The van der Waals surface area contributed by atoms with E-state index in [1.54, 1.807) is 10.6 Å². The van der Waals surface area contributed by atoms with Gasteiger partial charge >= 0.3 is 0 Å². The molecule has 2 aromatic heterocycles. The van der Waals surface area contributed by atoms with E-state index in [0.29, 0.717) is 5.95 Å². The number of hydrogen-bond donors (Lipinski definition) is 0. The van der Waals surface area contributed by atoms with Crippen molar-refractivity contribution in [3.63, 3.8) is 0 Å². The van der Waals surface area contributed by atoms with Crippen LogP contribution < -0.4 is 4.90 Å². The maximum atomic E-state index is 11.7. The molecule has 0 radical (unpaired) electrons. The Kier molecular flexibility index (Phi) is 4.70. The van der Waals surface area contributed by atoms with Crippen molar-refractivity contribution in [1.82, 2.24) is 14.6 Å². The topological polar surface area (TPSA) is 67.6 Å². The van der Waals surface area contributed by atoms with E-state index in [9.17, 15) is 8.42 Å². The summed E-state index contributed by atoms with van der Waals surface area (Å²) in [5.74, 6) is 0.614. The molecule has 2 rings (SSSR count). The van der Waals surface area contributed by atoms with Gasteiger partial charge in [-0.3, -0.25) is 0 Å². The van der Waals surface area contributed by atoms with Gasteiger partial charge in [0.2, 0.25) is 5.95 Å². The van der Waals surface area contributed by atoms with Crippen molar-refractivity contribution < 1.29 is 8.42 Å². The Morgan fingerprint density at radius 3 is 2.57 bits per heavy atom. The lowest BCUT2D eigenvalue weighted by atomic mass is 10.1. The standard InChI is InChI=1S/C16H20N4O2S/c1-6-12(10-14(7-2)23(5,21)22)13-8-9-15-17-16(19(3)4)18-20(15)11-13/h6-11H,2H2,1,3-5H3/b12-6+,14-10+. The average molecular weight is 332 g/mol. The zero-order chi connectivity index (χ0) is 17.2. The van der Waals surface area contributed by atoms with Gasteiger partial charge in [-0.1, -0.05) is 18.7 Å². The molecule has 0 spiro atoms. The summed E-state index contributed by atoms with van der Waals surface area (Å²) >= 11 is 0. The molecule has 0 saturated heterocycles. The number of rotatable bonds is 5. The van der Waals surface area contributed by atoms with Crippen molar-refractivity contribution in [2.24, 2.45) is 0 Å². The lowest BCUT2D eigenvalue weighted by molar-refractivity contribution is 0.608. The first-order valence-corrected chi connectivity index (χ1v) is 8.90. The number of hydrogen-bond acceptors (Lipinski definition) is 5. The number of allylic oxidation sites excluding steroid dienone is 4. The van der Waals surface area contributed by atoms with Gasteiger partial charge in [-0.2, -0.15) is 4.98 Å². The normalized spacial score (nSPS) is 13.4. The highest BCUT2D eigenvalue weighted by Gasteiger charge is 2.10. The summed E-state index contributed by atoms with van der Waals surface area (Å²) in [6.45, 7) is 5.43. The van der Waals surface area contributed by atoms with Crippen LogP contribution in [0.4, 0.5) is 5.95 Å². The van der Waals surface area contributed by atoms with Crippen LogP contribution in [0.25, 0.3) is 11.2 Å². The molecule has 0 atom stereocenters. The number of anilines is 1. The minimum atomic E-state index is -3.32. The summed E-state index contributed by atoms with van der Waals surface area (Å²) in [6.07, 6.45) is 7.78. The van der Waals surface area contributed by atoms with E-state index in [1.165, 1.54) is 6.08 Å². The maximum absolute atomic E-state index is 11.7. The zero-order valence-electron chi connectivity index (χ0n) is 13.7. The molecule has 7 heteroatoms. The van der Waals surface area contributed by atoms with Crippen LogP contribution in [-0.4, -0.2) is 43.4 Å². The van der Waals surface area contributed by atoms with Crippen LogP contribution in [0.2, 0.25) is 0 Å². The second-order valence-electron chi connectivity index (χ2n) is 5.29. The largest absolute Gasteiger partial charge is 0.346 e. The Morgan fingerprint density at radius 1 is 1.35 bits per heavy atom. The number of aromatic nitrogens is 3. The molecule has 0 fully saturated rings. The Hall–Kier alpha value is -2.41. The number of nitrogens with zero attached hydrogens (tertiary/aromatic N) is 4. The molecule has 2 aromatic rings. The second-order valence-corrected chi connectivity index (χ2v) is 7.31. The minimum Gasteiger partial charge on any atom is -0.346 e. The highest BCUT2D eigenvalue weighted by atomic mass is 32.2. The van der Waals surface area contributed by atoms with E-state index in [4.69, 9.17) is 0 Å². The molecule has 0 amide bonds. The van der Waals surface area contributed by atoms with E-state index in [0.717, 1.165) is 23.0 Å². The highest BCUT2D eigenvalue weighted by molar-refractivity contribution is 7.94. The van der Waals surface area contributed by atoms with Crippen molar-refractivity contribution in [1.29, 1.82) is 0 Å². The van der Waals surface area contributed by atoms with Crippen LogP contribution in [-0.2, 0) is 9.84 Å². The summed E-state index contributed by atoms with van der Waals surface area (Å²) in [4.78, 5) is 6.39. The van der Waals surface area contributed by atoms with Gasteiger partial charge in [0, 0.05) is 26.5 Å². The van der Waals surface area contributed by atoms with Gasteiger partial charge in [0.1, 0.15) is 0 Å². The Labute approximate surface area is 136 Å². The van der Waals surface area contributed by atoms with Crippen molar-refractivity contribution in [2.75, 3.05) is 25.3 Å². The lowest BCUT2D eigenvalue weighted by Crippen LogP contribution is -2.10. The van der Waals surface area contributed by atoms with Gasteiger partial charge in [0.25, 0.3) is 0 Å². The summed E-state index contributed by atoms with van der Waals surface area (Å²) < 4.78 is 25.1. The Balaban J connectivity index is 2.52. The lowest BCUT2D eigenvalue weighted by Gasteiger charge is -2.05. The molecule has 0 unspecified atom stereocenters. The van der Waals surface area contributed by atoms with E-state index < -0.39 is 9.84 Å². The fourth-order valence-electron chi connectivity index (χ4n) is 2.04. The van der Waals surface area contributed by atoms with Gasteiger partial charge in [-0.05, 0) is 36.3 Å². The highest BCUT2D eigenvalue weighted by Crippen LogP contribution is 2.21. The van der Waals surface area contributed by atoms with E-state index in [-0.39, 0.29) is 4.91 Å². The van der Waals surface area contributed by atoms with Gasteiger partial charge < -0.3 is 4.90 Å². The first kappa shape index (κ1) is 17.0. The fourth-order valence-corrected chi connectivity index (χ4v) is 2.68. The molecule has 0 N–H and O–H groups in total. The molecule has 0 bridgehead atoms. The number of pyridine rings is 1. The van der Waals surface area contributed by atoms with Crippen molar-refractivity contribution in [3.05, 3.63) is 53.6 Å². The third-order valence-corrected chi connectivity index (χ3v) is 4.43. The first-order valence-electron chi connectivity index (χ1n) is 7.01. The van der Waals surface area contributed by atoms with Gasteiger partial charge in [0.15, 0.2) is 15.5 Å². The van der Waals surface area contributed by atoms with Gasteiger partial charge in [-0.25, -0.2) is 12.9 Å². The summed E-state index contributed by atoms with van der Waals surface area (Å²) in [5, 5.41) is 4.38. The Morgan fingerprint density at radius 2 is 2.04 bits per heavy atom. The van der Waals surface area contributed by atoms with E-state index in [2.05, 4.69) is 16.7 Å². The van der Waals surface area contributed by atoms with Crippen molar-refractivity contribution >= 4 is 27.0 Å². The minimum absolute atomic E-state index is 0.179. The van der Waals surface area contributed by atoms with Crippen molar-refractivity contribution in [2.45, 2.75) is 6.92 Å². The van der Waals surface area contributed by atoms with Gasteiger partial charge in [-0.15, -0.1) is 5.10 Å². The number of sulfone groups is 1. The molecule has 6 nitrogen and oxygen atoms in total. The SMILES string of the molecule is C=C/C(=C\C(=C/C)c1ccc2nc(N(C)C)nn2c1)S(C)(=O)=O. The third kappa shape index (κ3) is 3.68. The molecular formula is C16H20N4O2S. The number of fused-ring (bicyclic) bond motifs is 1. The quantitative estimate of drug-likeness (QED) is 0.786. The van der Waals surface area contributed by atoms with Crippen LogP contribution in [0.5, 0.6) is 0 Å².